The topological polar surface area (TPSA) is 38.7 Å². The van der Waals surface area contributed by atoms with Crippen molar-refractivity contribution in [3.8, 4) is 0 Å². The quantitative estimate of drug-likeness (QED) is 0.415. The fourth-order valence-corrected chi connectivity index (χ4v) is 3.51. The number of hydrogen-bond acceptors (Lipinski definition) is 5. The summed E-state index contributed by atoms with van der Waals surface area (Å²) in [7, 11) is 0. The molecule has 90 valence electrons. The van der Waals surface area contributed by atoms with Crippen LogP contribution in [0.3, 0.4) is 0 Å². The zero-order valence-electron chi connectivity index (χ0n) is 9.21. The predicted octanol–water partition coefficient (Wildman–Crippen LogP) is 4.03. The average molecular weight is 294 g/mol. The maximum atomic E-state index is 5.76. The molecule has 0 spiro atoms. The molecule has 3 aromatic rings. The van der Waals surface area contributed by atoms with Gasteiger partial charge in [-0.25, -0.2) is 15.0 Å². The third-order valence-corrected chi connectivity index (χ3v) is 4.70. The molecule has 0 bridgehead atoms. The number of rotatable bonds is 3. The smallest absolute Gasteiger partial charge is 0.129 e. The van der Waals surface area contributed by atoms with E-state index in [1.165, 1.54) is 0 Å². The first kappa shape index (κ1) is 11.9. The molecule has 3 heterocycles. The van der Waals surface area contributed by atoms with E-state index < -0.39 is 0 Å². The lowest BCUT2D eigenvalue weighted by Gasteiger charge is -2.02. The van der Waals surface area contributed by atoms with Gasteiger partial charge in [0.05, 0.1) is 10.2 Å². The number of thiophene rings is 1. The van der Waals surface area contributed by atoms with Gasteiger partial charge >= 0.3 is 0 Å². The van der Waals surface area contributed by atoms with Crippen LogP contribution in [-0.4, -0.2) is 15.0 Å². The normalized spacial score (nSPS) is 10.9. The molecule has 0 aromatic carbocycles. The van der Waals surface area contributed by atoms with Crippen LogP contribution < -0.4 is 0 Å². The summed E-state index contributed by atoms with van der Waals surface area (Å²) in [5.74, 6) is 0.828. The molecule has 0 aliphatic rings. The highest BCUT2D eigenvalue weighted by atomic mass is 35.5. The molecule has 0 amide bonds. The summed E-state index contributed by atoms with van der Waals surface area (Å²) in [4.78, 5) is 12.6. The Morgan fingerprint density at radius 1 is 1.17 bits per heavy atom. The first-order valence-corrected chi connectivity index (χ1v) is 7.49. The highest BCUT2D eigenvalue weighted by molar-refractivity contribution is 7.98. The number of halogens is 1. The molecule has 0 atom stereocenters. The third-order valence-electron chi connectivity index (χ3n) is 2.37. The standard InChI is InChI=1S/C12H8ClN3S2/c13-10-2-1-8(5-14-10)6-18-12-11-9(3-4-17-11)15-7-16-12/h1-5,7H,6H2. The lowest BCUT2D eigenvalue weighted by atomic mass is 10.3. The Bertz CT molecular complexity index is 666. The average Bonchev–Trinajstić information content (AvgIpc) is 2.87. The SMILES string of the molecule is Clc1ccc(CSc2ncnc3ccsc23)cn1. The van der Waals surface area contributed by atoms with Gasteiger partial charge in [0.1, 0.15) is 16.5 Å². The van der Waals surface area contributed by atoms with E-state index in [1.807, 2.05) is 17.5 Å². The van der Waals surface area contributed by atoms with Gasteiger partial charge in [-0.2, -0.15) is 0 Å². The zero-order valence-corrected chi connectivity index (χ0v) is 11.6. The van der Waals surface area contributed by atoms with E-state index in [0.29, 0.717) is 5.15 Å². The van der Waals surface area contributed by atoms with Gasteiger partial charge in [-0.05, 0) is 23.1 Å². The maximum absolute atomic E-state index is 5.76. The summed E-state index contributed by atoms with van der Waals surface area (Å²) in [6, 6.07) is 5.79. The molecule has 3 aromatic heterocycles. The van der Waals surface area contributed by atoms with Crippen LogP contribution in [0.5, 0.6) is 0 Å². The van der Waals surface area contributed by atoms with E-state index in [-0.39, 0.29) is 0 Å². The fourth-order valence-electron chi connectivity index (χ4n) is 1.51. The highest BCUT2D eigenvalue weighted by Gasteiger charge is 2.06. The number of hydrogen-bond donors (Lipinski definition) is 0. The molecular formula is C12H8ClN3S2. The van der Waals surface area contributed by atoms with Crippen LogP contribution >= 0.6 is 34.7 Å². The molecule has 0 fully saturated rings. The van der Waals surface area contributed by atoms with Crippen molar-refractivity contribution in [1.29, 1.82) is 0 Å². The highest BCUT2D eigenvalue weighted by Crippen LogP contribution is 2.30. The molecular weight excluding hydrogens is 286 g/mol. The van der Waals surface area contributed by atoms with Crippen LogP contribution in [0.15, 0.2) is 41.1 Å². The molecule has 6 heteroatoms. The Hall–Kier alpha value is -1.17. The van der Waals surface area contributed by atoms with Crippen molar-refractivity contribution in [2.24, 2.45) is 0 Å². The molecule has 0 saturated heterocycles. The van der Waals surface area contributed by atoms with Gasteiger partial charge in [0.2, 0.25) is 0 Å². The minimum absolute atomic E-state index is 0.520. The van der Waals surface area contributed by atoms with Crippen LogP contribution in [0.4, 0.5) is 0 Å². The molecule has 18 heavy (non-hydrogen) atoms. The van der Waals surface area contributed by atoms with Crippen molar-refractivity contribution in [3.63, 3.8) is 0 Å². The summed E-state index contributed by atoms with van der Waals surface area (Å²) < 4.78 is 1.14. The molecule has 0 radical (unpaired) electrons. The van der Waals surface area contributed by atoms with Crippen molar-refractivity contribution < 1.29 is 0 Å². The van der Waals surface area contributed by atoms with Crippen LogP contribution in [0, 0.1) is 0 Å². The minimum Gasteiger partial charge on any atom is -0.244 e. The van der Waals surface area contributed by atoms with Gasteiger partial charge < -0.3 is 0 Å². The number of aromatic nitrogens is 3. The van der Waals surface area contributed by atoms with Gasteiger partial charge in [0.25, 0.3) is 0 Å². The largest absolute Gasteiger partial charge is 0.244 e. The second kappa shape index (κ2) is 5.22. The van der Waals surface area contributed by atoms with Crippen molar-refractivity contribution in [2.75, 3.05) is 0 Å². The van der Waals surface area contributed by atoms with Crippen LogP contribution in [-0.2, 0) is 5.75 Å². The van der Waals surface area contributed by atoms with Gasteiger partial charge in [0, 0.05) is 11.9 Å². The number of thioether (sulfide) groups is 1. The van der Waals surface area contributed by atoms with Crippen LogP contribution in [0.1, 0.15) is 5.56 Å². The van der Waals surface area contributed by atoms with E-state index in [1.54, 1.807) is 41.7 Å². The number of fused-ring (bicyclic) bond motifs is 1. The first-order valence-electron chi connectivity index (χ1n) is 5.24. The summed E-state index contributed by atoms with van der Waals surface area (Å²) in [6.07, 6.45) is 3.40. The van der Waals surface area contributed by atoms with Crippen molar-refractivity contribution in [2.45, 2.75) is 10.8 Å². The molecule has 0 aliphatic carbocycles. The second-order valence-electron chi connectivity index (χ2n) is 3.59. The second-order valence-corrected chi connectivity index (χ2v) is 5.86. The van der Waals surface area contributed by atoms with E-state index in [9.17, 15) is 0 Å². The minimum atomic E-state index is 0.520. The van der Waals surface area contributed by atoms with E-state index in [0.717, 1.165) is 26.6 Å². The number of nitrogens with zero attached hydrogens (tertiary/aromatic N) is 3. The van der Waals surface area contributed by atoms with Gasteiger partial charge in [-0.15, -0.1) is 23.1 Å². The van der Waals surface area contributed by atoms with E-state index in [4.69, 9.17) is 11.6 Å². The van der Waals surface area contributed by atoms with Crippen molar-refractivity contribution >= 4 is 44.9 Å². The number of pyridine rings is 1. The van der Waals surface area contributed by atoms with Crippen molar-refractivity contribution in [1.82, 2.24) is 15.0 Å². The molecule has 0 aliphatic heterocycles. The zero-order chi connectivity index (χ0) is 12.4. The summed E-state index contributed by atoms with van der Waals surface area (Å²) >= 11 is 9.11. The maximum Gasteiger partial charge on any atom is 0.129 e. The Balaban J connectivity index is 1.80. The molecule has 3 nitrogen and oxygen atoms in total. The van der Waals surface area contributed by atoms with E-state index in [2.05, 4.69) is 15.0 Å². The molecule has 0 unspecified atom stereocenters. The van der Waals surface area contributed by atoms with Gasteiger partial charge in [-0.3, -0.25) is 0 Å². The van der Waals surface area contributed by atoms with E-state index >= 15 is 0 Å². The van der Waals surface area contributed by atoms with Crippen molar-refractivity contribution in [3.05, 3.63) is 46.8 Å². The predicted molar refractivity (Wildman–Crippen MR) is 76.2 cm³/mol. The van der Waals surface area contributed by atoms with Gasteiger partial charge in [-0.1, -0.05) is 17.7 Å². The molecule has 0 saturated carbocycles. The summed E-state index contributed by atoms with van der Waals surface area (Å²) in [5.41, 5.74) is 2.14. The Morgan fingerprint density at radius 3 is 2.94 bits per heavy atom. The lowest BCUT2D eigenvalue weighted by Crippen LogP contribution is -1.86. The molecule has 0 N–H and O–H groups in total. The lowest BCUT2D eigenvalue weighted by molar-refractivity contribution is 1.11. The monoisotopic (exact) mass is 293 g/mol. The molecule has 3 rings (SSSR count). The Kier molecular flexibility index (Phi) is 3.45. The Morgan fingerprint density at radius 2 is 2.11 bits per heavy atom. The van der Waals surface area contributed by atoms with Crippen LogP contribution in [0.2, 0.25) is 5.15 Å². The third kappa shape index (κ3) is 2.48. The van der Waals surface area contributed by atoms with Gasteiger partial charge in [0.15, 0.2) is 0 Å². The summed E-state index contributed by atoms with van der Waals surface area (Å²) in [5, 5.41) is 3.57. The first-order chi connectivity index (χ1) is 8.83. The summed E-state index contributed by atoms with van der Waals surface area (Å²) in [6.45, 7) is 0. The van der Waals surface area contributed by atoms with Crippen LogP contribution in [0.25, 0.3) is 10.2 Å². The Labute approximate surface area is 117 Å². The fraction of sp³-hybridized carbons (Fsp3) is 0.0833.